The Kier molecular flexibility index (Phi) is 2.33. The van der Waals surface area contributed by atoms with E-state index in [-0.39, 0.29) is 17.6 Å². The Bertz CT molecular complexity index is 643. The number of imide groups is 1. The maximum atomic E-state index is 11.8. The number of phenols is 1. The van der Waals surface area contributed by atoms with E-state index in [2.05, 4.69) is 5.32 Å². The van der Waals surface area contributed by atoms with Crippen molar-refractivity contribution in [2.45, 2.75) is 18.8 Å². The van der Waals surface area contributed by atoms with Crippen molar-refractivity contribution >= 4 is 22.8 Å². The van der Waals surface area contributed by atoms with Gasteiger partial charge in [0.2, 0.25) is 11.8 Å². The van der Waals surface area contributed by atoms with E-state index in [9.17, 15) is 14.7 Å². The standard InChI is InChI=1S/C13H11NO4/c15-9-2-1-3-10-12(9)8(6-18-10)7-4-5-11(16)14-13(7)17/h1-3,6-7,15H,4-5H2,(H,14,16,17). The summed E-state index contributed by atoms with van der Waals surface area (Å²) in [5.41, 5.74) is 1.17. The van der Waals surface area contributed by atoms with Crippen LogP contribution in [-0.2, 0) is 9.59 Å². The van der Waals surface area contributed by atoms with Gasteiger partial charge >= 0.3 is 0 Å². The zero-order valence-corrected chi connectivity index (χ0v) is 9.47. The van der Waals surface area contributed by atoms with Crippen molar-refractivity contribution in [1.82, 2.24) is 5.32 Å². The smallest absolute Gasteiger partial charge is 0.234 e. The van der Waals surface area contributed by atoms with E-state index < -0.39 is 5.92 Å². The number of benzene rings is 1. The van der Waals surface area contributed by atoms with Crippen LogP contribution in [0.4, 0.5) is 0 Å². The molecule has 1 saturated heterocycles. The molecule has 92 valence electrons. The van der Waals surface area contributed by atoms with Gasteiger partial charge in [0.05, 0.1) is 17.6 Å². The topological polar surface area (TPSA) is 79.5 Å². The fraction of sp³-hybridized carbons (Fsp3) is 0.231. The Morgan fingerprint density at radius 3 is 2.94 bits per heavy atom. The quantitative estimate of drug-likeness (QED) is 0.749. The minimum absolute atomic E-state index is 0.0842. The number of rotatable bonds is 1. The van der Waals surface area contributed by atoms with E-state index in [1.807, 2.05) is 0 Å². The molecule has 0 spiro atoms. The van der Waals surface area contributed by atoms with Crippen LogP contribution in [0.15, 0.2) is 28.9 Å². The first-order valence-electron chi connectivity index (χ1n) is 5.69. The van der Waals surface area contributed by atoms with Crippen molar-refractivity contribution in [3.05, 3.63) is 30.0 Å². The van der Waals surface area contributed by atoms with Crippen LogP contribution >= 0.6 is 0 Å². The highest BCUT2D eigenvalue weighted by Crippen LogP contribution is 2.36. The number of carbonyl (C=O) groups is 2. The maximum absolute atomic E-state index is 11.8. The zero-order valence-electron chi connectivity index (χ0n) is 9.47. The summed E-state index contributed by atoms with van der Waals surface area (Å²) < 4.78 is 5.33. The van der Waals surface area contributed by atoms with E-state index in [0.29, 0.717) is 29.4 Å². The second kappa shape index (κ2) is 3.87. The highest BCUT2D eigenvalue weighted by molar-refractivity contribution is 6.03. The molecular weight excluding hydrogens is 234 g/mol. The Morgan fingerprint density at radius 2 is 2.17 bits per heavy atom. The van der Waals surface area contributed by atoms with Crippen molar-refractivity contribution in [3.8, 4) is 5.75 Å². The predicted octanol–water partition coefficient (Wildman–Crippen LogP) is 1.66. The molecule has 2 N–H and O–H groups in total. The predicted molar refractivity (Wildman–Crippen MR) is 63.0 cm³/mol. The van der Waals surface area contributed by atoms with Gasteiger partial charge in [-0.25, -0.2) is 0 Å². The zero-order chi connectivity index (χ0) is 12.7. The van der Waals surface area contributed by atoms with Crippen LogP contribution < -0.4 is 5.32 Å². The SMILES string of the molecule is O=C1CCC(c2coc3cccc(O)c23)C(=O)N1. The summed E-state index contributed by atoms with van der Waals surface area (Å²) in [5.74, 6) is -0.955. The molecule has 0 saturated carbocycles. The second-order valence-electron chi connectivity index (χ2n) is 4.35. The third-order valence-electron chi connectivity index (χ3n) is 3.22. The molecule has 18 heavy (non-hydrogen) atoms. The van der Waals surface area contributed by atoms with Crippen LogP contribution in [0.25, 0.3) is 11.0 Å². The third-order valence-corrected chi connectivity index (χ3v) is 3.22. The minimum Gasteiger partial charge on any atom is -0.507 e. The van der Waals surface area contributed by atoms with E-state index in [4.69, 9.17) is 4.42 Å². The molecule has 1 aliphatic heterocycles. The molecule has 2 heterocycles. The Balaban J connectivity index is 2.09. The molecule has 3 rings (SSSR count). The molecule has 1 aliphatic rings. The molecule has 2 aromatic rings. The molecule has 0 aliphatic carbocycles. The largest absolute Gasteiger partial charge is 0.507 e. The molecule has 0 radical (unpaired) electrons. The maximum Gasteiger partial charge on any atom is 0.234 e. The van der Waals surface area contributed by atoms with Crippen molar-refractivity contribution in [3.63, 3.8) is 0 Å². The summed E-state index contributed by atoms with van der Waals surface area (Å²) in [7, 11) is 0. The second-order valence-corrected chi connectivity index (χ2v) is 4.35. The molecule has 5 heteroatoms. The number of phenolic OH excluding ortho intramolecular Hbond substituents is 1. The van der Waals surface area contributed by atoms with Gasteiger partial charge < -0.3 is 9.52 Å². The van der Waals surface area contributed by atoms with Gasteiger partial charge in [-0.15, -0.1) is 0 Å². The van der Waals surface area contributed by atoms with E-state index in [0.717, 1.165) is 0 Å². The van der Waals surface area contributed by atoms with Crippen LogP contribution in [0.5, 0.6) is 5.75 Å². The van der Waals surface area contributed by atoms with Crippen molar-refractivity contribution in [1.29, 1.82) is 0 Å². The summed E-state index contributed by atoms with van der Waals surface area (Å²) >= 11 is 0. The number of fused-ring (bicyclic) bond motifs is 1. The van der Waals surface area contributed by atoms with Gasteiger partial charge in [0.15, 0.2) is 0 Å². The fourth-order valence-electron chi connectivity index (χ4n) is 2.34. The van der Waals surface area contributed by atoms with Gasteiger partial charge in [0, 0.05) is 12.0 Å². The molecule has 1 aromatic heterocycles. The van der Waals surface area contributed by atoms with Crippen LogP contribution in [0.1, 0.15) is 24.3 Å². The molecule has 1 aromatic carbocycles. The number of hydrogen-bond acceptors (Lipinski definition) is 4. The average molecular weight is 245 g/mol. The number of amides is 2. The lowest BCUT2D eigenvalue weighted by Crippen LogP contribution is -2.39. The van der Waals surface area contributed by atoms with Gasteiger partial charge in [0.25, 0.3) is 0 Å². The van der Waals surface area contributed by atoms with Crippen LogP contribution in [0.2, 0.25) is 0 Å². The normalized spacial score (nSPS) is 20.1. The molecule has 1 unspecified atom stereocenters. The lowest BCUT2D eigenvalue weighted by molar-refractivity contribution is -0.134. The number of piperidine rings is 1. The van der Waals surface area contributed by atoms with E-state index in [1.54, 1.807) is 18.2 Å². The van der Waals surface area contributed by atoms with Crippen molar-refractivity contribution < 1.29 is 19.1 Å². The van der Waals surface area contributed by atoms with E-state index in [1.165, 1.54) is 6.26 Å². The first-order valence-corrected chi connectivity index (χ1v) is 5.69. The average Bonchev–Trinajstić information content (AvgIpc) is 2.74. The van der Waals surface area contributed by atoms with Crippen molar-refractivity contribution in [2.75, 3.05) is 0 Å². The molecule has 5 nitrogen and oxygen atoms in total. The first-order chi connectivity index (χ1) is 8.66. The molecule has 2 amide bonds. The minimum atomic E-state index is -0.447. The van der Waals surface area contributed by atoms with Crippen molar-refractivity contribution in [2.24, 2.45) is 0 Å². The van der Waals surface area contributed by atoms with Gasteiger partial charge in [-0.05, 0) is 18.6 Å². The monoisotopic (exact) mass is 245 g/mol. The molecule has 1 fully saturated rings. The molecule has 1 atom stereocenters. The van der Waals surface area contributed by atoms with Gasteiger partial charge in [-0.1, -0.05) is 6.07 Å². The van der Waals surface area contributed by atoms with Crippen LogP contribution in [0, 0.1) is 0 Å². The molecule has 0 bridgehead atoms. The van der Waals surface area contributed by atoms with E-state index >= 15 is 0 Å². The number of furan rings is 1. The number of hydrogen-bond donors (Lipinski definition) is 2. The number of aromatic hydroxyl groups is 1. The van der Waals surface area contributed by atoms with Gasteiger partial charge in [0.1, 0.15) is 11.3 Å². The summed E-state index contributed by atoms with van der Waals surface area (Å²) in [4.78, 5) is 22.9. The highest BCUT2D eigenvalue weighted by Gasteiger charge is 2.31. The lowest BCUT2D eigenvalue weighted by atomic mass is 9.90. The van der Waals surface area contributed by atoms with Crippen LogP contribution in [-0.4, -0.2) is 16.9 Å². The third kappa shape index (κ3) is 1.55. The summed E-state index contributed by atoms with van der Waals surface area (Å²) in [6, 6.07) is 4.95. The lowest BCUT2D eigenvalue weighted by Gasteiger charge is -2.19. The van der Waals surface area contributed by atoms with Crippen LogP contribution in [0.3, 0.4) is 0 Å². The summed E-state index contributed by atoms with van der Waals surface area (Å²) in [5, 5.41) is 12.7. The summed E-state index contributed by atoms with van der Waals surface area (Å²) in [6.45, 7) is 0. The highest BCUT2D eigenvalue weighted by atomic mass is 16.3. The van der Waals surface area contributed by atoms with Gasteiger partial charge in [-0.3, -0.25) is 14.9 Å². The molecular formula is C13H11NO4. The van der Waals surface area contributed by atoms with Gasteiger partial charge in [-0.2, -0.15) is 0 Å². The Hall–Kier alpha value is -2.30. The Morgan fingerprint density at radius 1 is 1.33 bits per heavy atom. The summed E-state index contributed by atoms with van der Waals surface area (Å²) in [6.07, 6.45) is 2.22. The fourth-order valence-corrected chi connectivity index (χ4v) is 2.34. The number of carbonyl (C=O) groups excluding carboxylic acids is 2. The Labute approximate surface area is 102 Å². The number of nitrogens with one attached hydrogen (secondary N) is 1. The first kappa shape index (κ1) is 10.8.